The number of nitrogens with zero attached hydrogens (tertiary/aromatic N) is 2. The van der Waals surface area contributed by atoms with Crippen LogP contribution in [0.3, 0.4) is 0 Å². The number of aromatic amines is 1. The molecule has 1 aromatic heterocycles. The molecule has 2 saturated heterocycles. The molecule has 5 rings (SSSR count). The Morgan fingerprint density at radius 2 is 1.78 bits per heavy atom. The van der Waals surface area contributed by atoms with Gasteiger partial charge in [-0.1, -0.05) is 36.8 Å². The van der Waals surface area contributed by atoms with Crippen LogP contribution in [-0.2, 0) is 10.0 Å². The van der Waals surface area contributed by atoms with Gasteiger partial charge in [-0.3, -0.25) is 0 Å². The number of para-hydroxylation sites is 1. The van der Waals surface area contributed by atoms with Gasteiger partial charge in [-0.05, 0) is 80.9 Å². The van der Waals surface area contributed by atoms with Gasteiger partial charge in [0.05, 0.1) is 4.90 Å². The minimum atomic E-state index is -3.45. The second-order valence-electron chi connectivity index (χ2n) is 9.45. The quantitative estimate of drug-likeness (QED) is 0.600. The maximum absolute atomic E-state index is 13.4. The molecule has 2 aliphatic heterocycles. The molecule has 1 atom stereocenters. The van der Waals surface area contributed by atoms with Crippen molar-refractivity contribution in [1.82, 2.24) is 14.2 Å². The summed E-state index contributed by atoms with van der Waals surface area (Å²) in [6, 6.07) is 15.9. The van der Waals surface area contributed by atoms with Crippen LogP contribution in [0.1, 0.15) is 49.1 Å². The highest BCUT2D eigenvalue weighted by Crippen LogP contribution is 2.34. The van der Waals surface area contributed by atoms with Gasteiger partial charge in [-0.2, -0.15) is 4.31 Å². The van der Waals surface area contributed by atoms with Crippen molar-refractivity contribution in [3.05, 3.63) is 65.9 Å². The van der Waals surface area contributed by atoms with E-state index >= 15 is 0 Å². The van der Waals surface area contributed by atoms with Crippen LogP contribution in [0.2, 0.25) is 0 Å². The first-order valence-corrected chi connectivity index (χ1v) is 13.3. The van der Waals surface area contributed by atoms with Gasteiger partial charge in [0.1, 0.15) is 0 Å². The molecule has 32 heavy (non-hydrogen) atoms. The lowest BCUT2D eigenvalue weighted by atomic mass is 9.89. The molecule has 3 aromatic rings. The van der Waals surface area contributed by atoms with Gasteiger partial charge < -0.3 is 9.88 Å². The summed E-state index contributed by atoms with van der Waals surface area (Å²) >= 11 is 0. The lowest BCUT2D eigenvalue weighted by Crippen LogP contribution is -2.50. The Balaban J connectivity index is 1.26. The molecular weight excluding hydrogens is 418 g/mol. The van der Waals surface area contributed by atoms with E-state index < -0.39 is 10.0 Å². The molecule has 5 nitrogen and oxygen atoms in total. The number of H-pyrrole nitrogens is 1. The zero-order valence-corrected chi connectivity index (χ0v) is 19.7. The van der Waals surface area contributed by atoms with Crippen LogP contribution >= 0.6 is 0 Å². The minimum Gasteiger partial charge on any atom is -0.361 e. The summed E-state index contributed by atoms with van der Waals surface area (Å²) in [5.74, 6) is 0.570. The zero-order valence-electron chi connectivity index (χ0n) is 18.8. The van der Waals surface area contributed by atoms with E-state index in [1.54, 1.807) is 16.4 Å². The van der Waals surface area contributed by atoms with Crippen LogP contribution in [0.25, 0.3) is 10.9 Å². The van der Waals surface area contributed by atoms with Crippen LogP contribution < -0.4 is 0 Å². The maximum atomic E-state index is 13.4. The Hall–Kier alpha value is -2.15. The number of nitrogens with one attached hydrogen (secondary N) is 1. The number of likely N-dealkylation sites (tertiary alicyclic amines) is 1. The molecule has 2 aliphatic rings. The molecule has 0 bridgehead atoms. The summed E-state index contributed by atoms with van der Waals surface area (Å²) in [7, 11) is -3.45. The lowest BCUT2D eigenvalue weighted by molar-refractivity contribution is 0.144. The van der Waals surface area contributed by atoms with Crippen LogP contribution in [0, 0.1) is 6.92 Å². The fourth-order valence-corrected chi connectivity index (χ4v) is 7.33. The average Bonchev–Trinajstić information content (AvgIpc) is 3.24. The number of rotatable bonds is 5. The van der Waals surface area contributed by atoms with Crippen LogP contribution in [0.5, 0.6) is 0 Å². The predicted molar refractivity (Wildman–Crippen MR) is 129 cm³/mol. The largest absolute Gasteiger partial charge is 0.361 e. The Kier molecular flexibility index (Phi) is 6.10. The van der Waals surface area contributed by atoms with Gasteiger partial charge in [0, 0.05) is 36.2 Å². The molecule has 2 fully saturated rings. The Morgan fingerprint density at radius 1 is 0.969 bits per heavy atom. The number of aromatic nitrogens is 1. The molecule has 1 unspecified atom stereocenters. The van der Waals surface area contributed by atoms with Crippen LogP contribution in [-0.4, -0.2) is 54.8 Å². The normalized spacial score (nSPS) is 21.8. The summed E-state index contributed by atoms with van der Waals surface area (Å²) in [5, 5.41) is 1.34. The van der Waals surface area contributed by atoms with Crippen LogP contribution in [0.4, 0.5) is 0 Å². The summed E-state index contributed by atoms with van der Waals surface area (Å²) in [4.78, 5) is 6.34. The standard InChI is InChI=1S/C26H33N3O2S/c1-20-7-6-9-23(17-20)32(30,31)29-14-5-4-8-22(29)19-28-15-12-21(13-16-28)25-18-27-26-11-3-2-10-24(25)26/h2-3,6-7,9-11,17-18,21-22,27H,4-5,8,12-16,19H2,1H3. The fraction of sp³-hybridized carbons (Fsp3) is 0.462. The third kappa shape index (κ3) is 4.24. The van der Waals surface area contributed by atoms with E-state index in [0.717, 1.165) is 57.3 Å². The highest BCUT2D eigenvalue weighted by atomic mass is 32.2. The number of hydrogen-bond donors (Lipinski definition) is 1. The van der Waals surface area contributed by atoms with E-state index in [0.29, 0.717) is 17.4 Å². The Bertz CT molecular complexity index is 1180. The topological polar surface area (TPSA) is 56.4 Å². The van der Waals surface area contributed by atoms with Gasteiger partial charge >= 0.3 is 0 Å². The van der Waals surface area contributed by atoms with Crippen LogP contribution in [0.15, 0.2) is 59.6 Å². The first kappa shape index (κ1) is 21.7. The Morgan fingerprint density at radius 3 is 2.59 bits per heavy atom. The molecule has 0 aliphatic carbocycles. The van der Waals surface area contributed by atoms with E-state index in [4.69, 9.17) is 0 Å². The molecule has 0 saturated carbocycles. The SMILES string of the molecule is Cc1cccc(S(=O)(=O)N2CCCCC2CN2CCC(c3c[nH]c4ccccc34)CC2)c1. The van der Waals surface area contributed by atoms with E-state index in [9.17, 15) is 8.42 Å². The van der Waals surface area contributed by atoms with E-state index in [-0.39, 0.29) is 6.04 Å². The van der Waals surface area contributed by atoms with Crippen molar-refractivity contribution >= 4 is 20.9 Å². The zero-order chi connectivity index (χ0) is 22.1. The minimum absolute atomic E-state index is 0.0684. The first-order chi connectivity index (χ1) is 15.5. The Labute approximate surface area is 191 Å². The molecule has 6 heteroatoms. The number of benzene rings is 2. The monoisotopic (exact) mass is 451 g/mol. The molecule has 1 N–H and O–H groups in total. The van der Waals surface area contributed by atoms with E-state index in [1.165, 1.54) is 16.5 Å². The smallest absolute Gasteiger partial charge is 0.243 e. The molecular formula is C26H33N3O2S. The molecule has 170 valence electrons. The molecule has 0 radical (unpaired) electrons. The van der Waals surface area contributed by atoms with E-state index in [1.807, 2.05) is 19.1 Å². The fourth-order valence-electron chi connectivity index (χ4n) is 5.54. The summed E-state index contributed by atoms with van der Waals surface area (Å²) in [6.45, 7) is 5.47. The number of piperidine rings is 2. The van der Waals surface area contributed by atoms with Gasteiger partial charge in [-0.25, -0.2) is 8.42 Å². The maximum Gasteiger partial charge on any atom is 0.243 e. The number of fused-ring (bicyclic) bond motifs is 1. The highest BCUT2D eigenvalue weighted by molar-refractivity contribution is 7.89. The van der Waals surface area contributed by atoms with E-state index in [2.05, 4.69) is 40.3 Å². The summed E-state index contributed by atoms with van der Waals surface area (Å²) in [6.07, 6.45) is 7.44. The van der Waals surface area contributed by atoms with Gasteiger partial charge in [-0.15, -0.1) is 0 Å². The molecule has 0 amide bonds. The number of aryl methyl sites for hydroxylation is 1. The third-order valence-electron chi connectivity index (χ3n) is 7.29. The molecule has 2 aromatic carbocycles. The first-order valence-electron chi connectivity index (χ1n) is 11.9. The van der Waals surface area contributed by atoms with Crippen molar-refractivity contribution in [2.75, 3.05) is 26.2 Å². The van der Waals surface area contributed by atoms with Gasteiger partial charge in [0.2, 0.25) is 10.0 Å². The third-order valence-corrected chi connectivity index (χ3v) is 9.23. The summed E-state index contributed by atoms with van der Waals surface area (Å²) in [5.41, 5.74) is 3.63. The second-order valence-corrected chi connectivity index (χ2v) is 11.3. The van der Waals surface area contributed by atoms with Crippen molar-refractivity contribution in [3.63, 3.8) is 0 Å². The van der Waals surface area contributed by atoms with Crippen molar-refractivity contribution < 1.29 is 8.42 Å². The van der Waals surface area contributed by atoms with Crippen molar-refractivity contribution in [1.29, 1.82) is 0 Å². The summed E-state index contributed by atoms with van der Waals surface area (Å²) < 4.78 is 28.6. The number of hydrogen-bond acceptors (Lipinski definition) is 3. The van der Waals surface area contributed by atoms with Crippen molar-refractivity contribution in [3.8, 4) is 0 Å². The van der Waals surface area contributed by atoms with Gasteiger partial charge in [0.15, 0.2) is 0 Å². The highest BCUT2D eigenvalue weighted by Gasteiger charge is 2.35. The molecule has 0 spiro atoms. The van der Waals surface area contributed by atoms with Crippen molar-refractivity contribution in [2.24, 2.45) is 0 Å². The lowest BCUT2D eigenvalue weighted by Gasteiger charge is -2.40. The van der Waals surface area contributed by atoms with Gasteiger partial charge in [0.25, 0.3) is 0 Å². The average molecular weight is 452 g/mol. The number of sulfonamides is 1. The van der Waals surface area contributed by atoms with Crippen molar-refractivity contribution in [2.45, 2.75) is 55.9 Å². The molecule has 3 heterocycles. The predicted octanol–water partition coefficient (Wildman–Crippen LogP) is 4.90. The second kappa shape index (κ2) is 9.00.